The summed E-state index contributed by atoms with van der Waals surface area (Å²) in [6, 6.07) is 4.63. The minimum absolute atomic E-state index is 0.139. The summed E-state index contributed by atoms with van der Waals surface area (Å²) < 4.78 is 0. The number of hydrogen-bond donors (Lipinski definition) is 2. The molecule has 2 rings (SSSR count). The highest BCUT2D eigenvalue weighted by molar-refractivity contribution is 7.11. The van der Waals surface area contributed by atoms with Crippen LogP contribution in [0.25, 0.3) is 0 Å². The fourth-order valence-corrected chi connectivity index (χ4v) is 3.00. The molecule has 0 aromatic carbocycles. The van der Waals surface area contributed by atoms with E-state index in [1.165, 1.54) is 22.6 Å². The Morgan fingerprint density at radius 3 is 2.87 bits per heavy atom. The fourth-order valence-electron chi connectivity index (χ4n) is 2.16. The van der Waals surface area contributed by atoms with Gasteiger partial charge in [-0.05, 0) is 31.9 Å². The van der Waals surface area contributed by atoms with Crippen LogP contribution in [0.2, 0.25) is 0 Å². The normalized spacial score (nSPS) is 26.8. The Morgan fingerprint density at radius 1 is 1.40 bits per heavy atom. The average molecular weight is 225 g/mol. The summed E-state index contributed by atoms with van der Waals surface area (Å²) in [4.78, 5) is 2.72. The molecule has 0 aliphatic heterocycles. The number of nitrogens with one attached hydrogen (secondary N) is 1. The molecule has 15 heavy (non-hydrogen) atoms. The molecule has 0 unspecified atom stereocenters. The second-order valence-corrected chi connectivity index (χ2v) is 5.72. The van der Waals surface area contributed by atoms with Crippen molar-refractivity contribution < 1.29 is 5.11 Å². The van der Waals surface area contributed by atoms with Crippen molar-refractivity contribution in [2.24, 2.45) is 0 Å². The Hall–Kier alpha value is -0.380. The summed E-state index contributed by atoms with van der Waals surface area (Å²) in [7, 11) is 0. The van der Waals surface area contributed by atoms with Gasteiger partial charge in [0.15, 0.2) is 0 Å². The first kappa shape index (κ1) is 11.1. The zero-order chi connectivity index (χ0) is 10.7. The summed E-state index contributed by atoms with van der Waals surface area (Å²) in [5, 5.41) is 13.3. The number of aliphatic hydroxyl groups excluding tert-OH is 1. The molecule has 2 N–H and O–H groups in total. The van der Waals surface area contributed by atoms with Crippen molar-refractivity contribution in [2.75, 3.05) is 0 Å². The van der Waals surface area contributed by atoms with Gasteiger partial charge in [0.05, 0.1) is 6.10 Å². The summed E-state index contributed by atoms with van der Waals surface area (Å²) in [6.07, 6.45) is 4.36. The monoisotopic (exact) mass is 225 g/mol. The smallest absolute Gasteiger partial charge is 0.0693 e. The van der Waals surface area contributed by atoms with Gasteiger partial charge in [0.1, 0.15) is 0 Å². The van der Waals surface area contributed by atoms with E-state index < -0.39 is 0 Å². The molecule has 2 nitrogen and oxygen atoms in total. The van der Waals surface area contributed by atoms with Gasteiger partial charge in [-0.15, -0.1) is 11.3 Å². The van der Waals surface area contributed by atoms with Crippen molar-refractivity contribution in [1.29, 1.82) is 0 Å². The Morgan fingerprint density at radius 2 is 2.20 bits per heavy atom. The van der Waals surface area contributed by atoms with Crippen molar-refractivity contribution in [3.8, 4) is 0 Å². The predicted octanol–water partition coefficient (Wildman–Crippen LogP) is 2.45. The third-order valence-electron chi connectivity index (χ3n) is 3.06. The Balaban J connectivity index is 1.81. The van der Waals surface area contributed by atoms with Gasteiger partial charge < -0.3 is 10.4 Å². The lowest BCUT2D eigenvalue weighted by atomic mass is 9.92. The number of rotatable bonds is 3. The van der Waals surface area contributed by atoms with Gasteiger partial charge >= 0.3 is 0 Å². The quantitative estimate of drug-likeness (QED) is 0.828. The van der Waals surface area contributed by atoms with E-state index in [4.69, 9.17) is 0 Å². The molecule has 0 bridgehead atoms. The highest BCUT2D eigenvalue weighted by Crippen LogP contribution is 2.20. The van der Waals surface area contributed by atoms with E-state index in [0.29, 0.717) is 6.04 Å². The van der Waals surface area contributed by atoms with Crippen LogP contribution in [0.3, 0.4) is 0 Å². The molecular weight excluding hydrogens is 206 g/mol. The molecule has 0 amide bonds. The summed E-state index contributed by atoms with van der Waals surface area (Å²) in [5.41, 5.74) is 0. The van der Waals surface area contributed by atoms with Crippen molar-refractivity contribution in [3.05, 3.63) is 21.9 Å². The molecule has 2 atom stereocenters. The van der Waals surface area contributed by atoms with Crippen molar-refractivity contribution in [3.63, 3.8) is 0 Å². The first-order valence-electron chi connectivity index (χ1n) is 5.72. The molecule has 1 aromatic heterocycles. The minimum Gasteiger partial charge on any atom is -0.392 e. The number of aryl methyl sites for hydroxylation is 1. The Bertz CT molecular complexity index is 310. The molecule has 1 saturated carbocycles. The fraction of sp³-hybridized carbons (Fsp3) is 0.667. The van der Waals surface area contributed by atoms with E-state index in [9.17, 15) is 5.11 Å². The van der Waals surface area contributed by atoms with Crippen LogP contribution in [0.15, 0.2) is 12.1 Å². The first-order valence-corrected chi connectivity index (χ1v) is 6.54. The zero-order valence-corrected chi connectivity index (χ0v) is 10.0. The van der Waals surface area contributed by atoms with Gasteiger partial charge in [-0.1, -0.05) is 12.8 Å². The molecule has 1 aliphatic rings. The molecule has 0 radical (unpaired) electrons. The third-order valence-corrected chi connectivity index (χ3v) is 4.06. The molecule has 0 spiro atoms. The van der Waals surface area contributed by atoms with Crippen LogP contribution < -0.4 is 5.32 Å². The van der Waals surface area contributed by atoms with Gasteiger partial charge in [0.25, 0.3) is 0 Å². The number of hydrogen-bond acceptors (Lipinski definition) is 3. The highest BCUT2D eigenvalue weighted by atomic mass is 32.1. The Kier molecular flexibility index (Phi) is 3.78. The lowest BCUT2D eigenvalue weighted by molar-refractivity contribution is 0.0904. The zero-order valence-electron chi connectivity index (χ0n) is 9.20. The van der Waals surface area contributed by atoms with Crippen LogP contribution in [0, 0.1) is 6.92 Å². The first-order chi connectivity index (χ1) is 7.25. The molecule has 84 valence electrons. The van der Waals surface area contributed by atoms with Gasteiger partial charge in [-0.2, -0.15) is 0 Å². The van der Waals surface area contributed by atoms with Gasteiger partial charge in [0, 0.05) is 22.3 Å². The molecule has 0 saturated heterocycles. The van der Waals surface area contributed by atoms with E-state index >= 15 is 0 Å². The van der Waals surface area contributed by atoms with Crippen LogP contribution in [-0.2, 0) is 6.54 Å². The number of thiophene rings is 1. The van der Waals surface area contributed by atoms with Gasteiger partial charge in [-0.25, -0.2) is 0 Å². The van der Waals surface area contributed by atoms with Gasteiger partial charge in [0.2, 0.25) is 0 Å². The van der Waals surface area contributed by atoms with E-state index in [-0.39, 0.29) is 6.10 Å². The van der Waals surface area contributed by atoms with E-state index in [1.807, 2.05) is 11.3 Å². The van der Waals surface area contributed by atoms with Crippen molar-refractivity contribution in [2.45, 2.75) is 51.3 Å². The molecule has 3 heteroatoms. The lowest BCUT2D eigenvalue weighted by Crippen LogP contribution is -2.41. The van der Waals surface area contributed by atoms with Crippen LogP contribution in [-0.4, -0.2) is 17.3 Å². The summed E-state index contributed by atoms with van der Waals surface area (Å²) in [6.45, 7) is 3.03. The second-order valence-electron chi connectivity index (χ2n) is 4.35. The summed E-state index contributed by atoms with van der Waals surface area (Å²) >= 11 is 1.83. The van der Waals surface area contributed by atoms with E-state index in [2.05, 4.69) is 24.4 Å². The largest absolute Gasteiger partial charge is 0.392 e. The lowest BCUT2D eigenvalue weighted by Gasteiger charge is -2.28. The summed E-state index contributed by atoms with van der Waals surface area (Å²) in [5.74, 6) is 0. The topological polar surface area (TPSA) is 32.3 Å². The third kappa shape index (κ3) is 3.03. The average Bonchev–Trinajstić information content (AvgIpc) is 2.63. The Labute approximate surface area is 95.3 Å². The van der Waals surface area contributed by atoms with E-state index in [1.54, 1.807) is 0 Å². The van der Waals surface area contributed by atoms with Crippen molar-refractivity contribution in [1.82, 2.24) is 5.32 Å². The maximum Gasteiger partial charge on any atom is 0.0693 e. The maximum absolute atomic E-state index is 9.79. The molecular formula is C12H19NOS. The van der Waals surface area contributed by atoms with E-state index in [0.717, 1.165) is 19.4 Å². The number of aliphatic hydroxyl groups is 1. The van der Waals surface area contributed by atoms with Crippen LogP contribution in [0.4, 0.5) is 0 Å². The molecule has 1 aromatic rings. The standard InChI is InChI=1S/C12H19NOS/c1-9-6-7-10(15-9)8-13-11-4-2-3-5-12(11)14/h6-7,11-14H,2-5,8H2,1H3/t11-,12+/m1/s1. The molecule has 1 fully saturated rings. The molecule has 1 aliphatic carbocycles. The van der Waals surface area contributed by atoms with Crippen LogP contribution in [0.5, 0.6) is 0 Å². The second kappa shape index (κ2) is 5.10. The maximum atomic E-state index is 9.79. The van der Waals surface area contributed by atoms with Gasteiger partial charge in [-0.3, -0.25) is 0 Å². The minimum atomic E-state index is -0.139. The predicted molar refractivity (Wildman–Crippen MR) is 64.2 cm³/mol. The van der Waals surface area contributed by atoms with Crippen molar-refractivity contribution >= 4 is 11.3 Å². The SMILES string of the molecule is Cc1ccc(CN[C@@H]2CCCC[C@@H]2O)s1. The highest BCUT2D eigenvalue weighted by Gasteiger charge is 2.22. The molecule has 1 heterocycles. The van der Waals surface area contributed by atoms with Crippen LogP contribution in [0.1, 0.15) is 35.4 Å². The van der Waals surface area contributed by atoms with Crippen LogP contribution >= 0.6 is 11.3 Å².